The van der Waals surface area contributed by atoms with Gasteiger partial charge in [-0.2, -0.15) is 0 Å². The third kappa shape index (κ3) is 5.85. The minimum atomic E-state index is -2.88. The van der Waals surface area contributed by atoms with Gasteiger partial charge in [0.15, 0.2) is 5.96 Å². The van der Waals surface area contributed by atoms with Crippen molar-refractivity contribution in [2.45, 2.75) is 38.2 Å². The Balaban J connectivity index is 2.56. The number of halogens is 2. The fraction of sp³-hybridized carbons (Fsp3) is 0.320. The van der Waals surface area contributed by atoms with Crippen molar-refractivity contribution < 1.29 is 8.78 Å². The lowest BCUT2D eigenvalue weighted by Gasteiger charge is -2.32. The summed E-state index contributed by atoms with van der Waals surface area (Å²) >= 11 is 1.57. The number of thiophene rings is 1. The first-order valence-corrected chi connectivity index (χ1v) is 11.1. The molecule has 0 fully saturated rings. The quantitative estimate of drug-likeness (QED) is 0.275. The molecule has 0 aliphatic heterocycles. The number of benzene rings is 1. The molecule has 1 aromatic carbocycles. The fourth-order valence-electron chi connectivity index (χ4n) is 3.42. The number of aliphatic imine (C=N–C) groups is 1. The van der Waals surface area contributed by atoms with E-state index in [1.54, 1.807) is 23.5 Å². The van der Waals surface area contributed by atoms with Crippen LogP contribution in [-0.4, -0.2) is 25.0 Å². The van der Waals surface area contributed by atoms with Gasteiger partial charge in [-0.05, 0) is 41.3 Å². The maximum atomic E-state index is 13.7. The molecule has 32 heavy (non-hydrogen) atoms. The Kier molecular flexibility index (Phi) is 8.02. The van der Waals surface area contributed by atoms with Gasteiger partial charge in [-0.15, -0.1) is 11.3 Å². The first-order chi connectivity index (χ1) is 14.9. The fourth-order valence-corrected chi connectivity index (χ4v) is 4.53. The molecule has 4 nitrogen and oxygen atoms in total. The summed E-state index contributed by atoms with van der Waals surface area (Å²) in [4.78, 5) is 7.75. The van der Waals surface area contributed by atoms with E-state index in [4.69, 9.17) is 10.7 Å². The maximum Gasteiger partial charge on any atom is 0.270 e. The van der Waals surface area contributed by atoms with Gasteiger partial charge in [0.25, 0.3) is 5.92 Å². The van der Waals surface area contributed by atoms with E-state index in [0.29, 0.717) is 0 Å². The van der Waals surface area contributed by atoms with Crippen LogP contribution < -0.4 is 11.1 Å². The van der Waals surface area contributed by atoms with Crippen LogP contribution in [0, 0.1) is 0 Å². The van der Waals surface area contributed by atoms with Crippen LogP contribution in [0.4, 0.5) is 8.78 Å². The van der Waals surface area contributed by atoms with E-state index in [9.17, 15) is 8.78 Å². The first-order valence-electron chi connectivity index (χ1n) is 10.2. The standard InChI is InChI=1S/C25H32F2N4S/c1-8-18(15-31(6)7)20-14-22(32-16-20)24(4,30-23(28)29-9-2)17(3)19-10-12-21(13-11-19)25(5,26)27/h8-17H,1-2H2,3-7H3,(H3,28,29,30)/b18-15+/t17?,24-/m0/s1. The summed E-state index contributed by atoms with van der Waals surface area (Å²) < 4.78 is 27.3. The molecule has 1 unspecified atom stereocenters. The lowest BCUT2D eigenvalue weighted by atomic mass is 9.80. The zero-order valence-corrected chi connectivity index (χ0v) is 20.1. The van der Waals surface area contributed by atoms with Crippen LogP contribution in [-0.2, 0) is 11.5 Å². The average molecular weight is 459 g/mol. The highest BCUT2D eigenvalue weighted by Crippen LogP contribution is 2.44. The molecule has 0 amide bonds. The van der Waals surface area contributed by atoms with Crippen LogP contribution in [0.15, 0.2) is 72.3 Å². The van der Waals surface area contributed by atoms with Crippen LogP contribution in [0.3, 0.4) is 0 Å². The number of guanidine groups is 1. The van der Waals surface area contributed by atoms with Crippen molar-refractivity contribution in [3.05, 3.63) is 88.9 Å². The number of nitrogens with one attached hydrogen (secondary N) is 1. The molecule has 2 aromatic rings. The largest absolute Gasteiger partial charge is 0.383 e. The molecule has 0 bridgehead atoms. The predicted molar refractivity (Wildman–Crippen MR) is 133 cm³/mol. The Labute approximate surface area is 193 Å². The van der Waals surface area contributed by atoms with Crippen LogP contribution in [0.25, 0.3) is 5.57 Å². The molecule has 0 aliphatic rings. The highest BCUT2D eigenvalue weighted by Gasteiger charge is 2.36. The van der Waals surface area contributed by atoms with Gasteiger partial charge in [-0.1, -0.05) is 50.4 Å². The Morgan fingerprint density at radius 2 is 1.84 bits per heavy atom. The summed E-state index contributed by atoms with van der Waals surface area (Å²) in [5, 5.41) is 4.90. The van der Waals surface area contributed by atoms with Gasteiger partial charge in [0.2, 0.25) is 0 Å². The molecule has 3 N–H and O–H groups in total. The van der Waals surface area contributed by atoms with Gasteiger partial charge in [0.1, 0.15) is 5.54 Å². The number of rotatable bonds is 9. The van der Waals surface area contributed by atoms with Gasteiger partial charge in [0.05, 0.1) is 0 Å². The van der Waals surface area contributed by atoms with Gasteiger partial charge < -0.3 is 16.0 Å². The van der Waals surface area contributed by atoms with E-state index in [2.05, 4.69) is 29.9 Å². The van der Waals surface area contributed by atoms with Crippen molar-refractivity contribution in [3.63, 3.8) is 0 Å². The molecular formula is C25H32F2N4S. The monoisotopic (exact) mass is 458 g/mol. The van der Waals surface area contributed by atoms with E-state index >= 15 is 0 Å². The Hall–Kier alpha value is -2.93. The van der Waals surface area contributed by atoms with E-state index in [-0.39, 0.29) is 17.4 Å². The summed E-state index contributed by atoms with van der Waals surface area (Å²) in [5.41, 5.74) is 8.24. The zero-order valence-electron chi connectivity index (χ0n) is 19.3. The second-order valence-corrected chi connectivity index (χ2v) is 9.09. The lowest BCUT2D eigenvalue weighted by molar-refractivity contribution is 0.0174. The van der Waals surface area contributed by atoms with Crippen LogP contribution in [0.5, 0.6) is 0 Å². The lowest BCUT2D eigenvalue weighted by Crippen LogP contribution is -2.34. The molecule has 0 saturated heterocycles. The van der Waals surface area contributed by atoms with Gasteiger partial charge in [0, 0.05) is 43.6 Å². The van der Waals surface area contributed by atoms with Crippen LogP contribution in [0.1, 0.15) is 48.3 Å². The van der Waals surface area contributed by atoms with Gasteiger partial charge in [-0.25, -0.2) is 13.8 Å². The summed E-state index contributed by atoms with van der Waals surface area (Å²) in [5.74, 6) is -2.80. The molecule has 2 rings (SSSR count). The molecule has 0 saturated carbocycles. The number of nitrogens with two attached hydrogens (primary N) is 1. The second kappa shape index (κ2) is 10.1. The molecule has 2 atom stereocenters. The van der Waals surface area contributed by atoms with Crippen molar-refractivity contribution in [1.82, 2.24) is 10.2 Å². The van der Waals surface area contributed by atoms with Crippen molar-refractivity contribution >= 4 is 22.9 Å². The summed E-state index contributed by atoms with van der Waals surface area (Å²) in [6.45, 7) is 12.5. The maximum absolute atomic E-state index is 13.7. The van der Waals surface area contributed by atoms with Gasteiger partial charge in [-0.3, -0.25) is 0 Å². The normalized spacial score (nSPS) is 15.6. The Morgan fingerprint density at radius 1 is 1.22 bits per heavy atom. The molecule has 0 aliphatic carbocycles. The summed E-state index contributed by atoms with van der Waals surface area (Å²) in [7, 11) is 3.91. The SMILES string of the molecule is C=CNC(N)=N[C@](C)(c1cc(/C(C=C)=C/N(C)C)cs1)C(C)c1ccc(C(C)(F)F)cc1. The van der Waals surface area contributed by atoms with Crippen molar-refractivity contribution in [1.29, 1.82) is 0 Å². The van der Waals surface area contributed by atoms with E-state index < -0.39 is 11.5 Å². The van der Waals surface area contributed by atoms with Crippen molar-refractivity contribution in [3.8, 4) is 0 Å². The summed E-state index contributed by atoms with van der Waals surface area (Å²) in [6, 6.07) is 8.49. The molecule has 172 valence electrons. The van der Waals surface area contributed by atoms with Crippen molar-refractivity contribution in [2.24, 2.45) is 10.7 Å². The molecule has 1 aromatic heterocycles. The number of alkyl halides is 2. The number of hydrogen-bond donors (Lipinski definition) is 2. The second-order valence-electron chi connectivity index (χ2n) is 8.18. The molecular weight excluding hydrogens is 426 g/mol. The minimum Gasteiger partial charge on any atom is -0.383 e. The van der Waals surface area contributed by atoms with Crippen LogP contribution >= 0.6 is 11.3 Å². The van der Waals surface area contributed by atoms with Gasteiger partial charge >= 0.3 is 0 Å². The molecule has 0 radical (unpaired) electrons. The Bertz CT molecular complexity index is 1000. The Morgan fingerprint density at radius 3 is 2.34 bits per heavy atom. The number of hydrogen-bond acceptors (Lipinski definition) is 3. The van der Waals surface area contributed by atoms with E-state index in [0.717, 1.165) is 28.5 Å². The molecule has 7 heteroatoms. The average Bonchev–Trinajstić information content (AvgIpc) is 3.21. The predicted octanol–water partition coefficient (Wildman–Crippen LogP) is 6.02. The molecule has 0 spiro atoms. The van der Waals surface area contributed by atoms with E-state index in [1.807, 2.05) is 45.1 Å². The topological polar surface area (TPSA) is 53.6 Å². The summed E-state index contributed by atoms with van der Waals surface area (Å²) in [6.07, 6.45) is 5.28. The highest BCUT2D eigenvalue weighted by atomic mass is 32.1. The first kappa shape index (κ1) is 25.3. The van der Waals surface area contributed by atoms with Crippen LogP contribution in [0.2, 0.25) is 0 Å². The molecule has 1 heterocycles. The highest BCUT2D eigenvalue weighted by molar-refractivity contribution is 7.10. The third-order valence-corrected chi connectivity index (χ3v) is 6.57. The number of nitrogens with zero attached hydrogens (tertiary/aromatic N) is 2. The zero-order chi connectivity index (χ0) is 24.1. The van der Waals surface area contributed by atoms with E-state index in [1.165, 1.54) is 18.3 Å². The third-order valence-electron chi connectivity index (χ3n) is 5.41. The smallest absolute Gasteiger partial charge is 0.270 e. The number of allylic oxidation sites excluding steroid dienone is 2. The minimum absolute atomic E-state index is 0.0191. The van der Waals surface area contributed by atoms with Crippen molar-refractivity contribution in [2.75, 3.05) is 14.1 Å².